The van der Waals surface area contributed by atoms with Crippen LogP contribution in [0.2, 0.25) is 0 Å². The Hall–Kier alpha value is -0.240. The van der Waals surface area contributed by atoms with E-state index in [1.165, 1.54) is 6.92 Å². The molecule has 0 rings (SSSR count). The van der Waals surface area contributed by atoms with Gasteiger partial charge in [-0.15, -0.1) is 11.6 Å². The zero-order chi connectivity index (χ0) is 8.69. The maximum Gasteiger partial charge on any atom is 0.302 e. The summed E-state index contributed by atoms with van der Waals surface area (Å²) in [6, 6.07) is 0. The molecule has 0 aliphatic carbocycles. The predicted molar refractivity (Wildman–Crippen MR) is 45.8 cm³/mol. The first-order valence-corrected chi connectivity index (χ1v) is 4.43. The number of halogens is 1. The number of ether oxygens (including phenoxy) is 1. The van der Waals surface area contributed by atoms with Crippen LogP contribution in [0.1, 0.15) is 33.1 Å². The molecule has 0 saturated carbocycles. The van der Waals surface area contributed by atoms with Gasteiger partial charge in [-0.25, -0.2) is 0 Å². The highest BCUT2D eigenvalue weighted by atomic mass is 35.5. The van der Waals surface area contributed by atoms with E-state index in [1.807, 2.05) is 6.92 Å². The van der Waals surface area contributed by atoms with Gasteiger partial charge in [-0.1, -0.05) is 0 Å². The van der Waals surface area contributed by atoms with Crippen LogP contribution < -0.4 is 0 Å². The molecule has 2 nitrogen and oxygen atoms in total. The molecule has 0 heterocycles. The average molecular weight is 179 g/mol. The summed E-state index contributed by atoms with van der Waals surface area (Å²) in [6.45, 7) is 3.33. The fourth-order valence-electron chi connectivity index (χ4n) is 0.869. The lowest BCUT2D eigenvalue weighted by Gasteiger charge is -2.10. The summed E-state index contributed by atoms with van der Waals surface area (Å²) in [4.78, 5) is 10.4. The van der Waals surface area contributed by atoms with Gasteiger partial charge in [0.05, 0.1) is 6.10 Å². The predicted octanol–water partition coefficient (Wildman–Crippen LogP) is 2.35. The van der Waals surface area contributed by atoms with Crippen molar-refractivity contribution >= 4 is 17.6 Å². The van der Waals surface area contributed by atoms with Crippen molar-refractivity contribution in [2.24, 2.45) is 0 Å². The number of hydrogen-bond acceptors (Lipinski definition) is 2. The van der Waals surface area contributed by atoms with Gasteiger partial charge in [0.2, 0.25) is 0 Å². The Morgan fingerprint density at radius 2 is 2.18 bits per heavy atom. The molecule has 1 atom stereocenters. The summed E-state index contributed by atoms with van der Waals surface area (Å²) in [5, 5.41) is 0. The zero-order valence-corrected chi connectivity index (χ0v) is 7.86. The van der Waals surface area contributed by atoms with Crippen molar-refractivity contribution in [2.45, 2.75) is 39.2 Å². The van der Waals surface area contributed by atoms with Crippen LogP contribution in [0, 0.1) is 0 Å². The van der Waals surface area contributed by atoms with Crippen LogP contribution in [-0.4, -0.2) is 18.0 Å². The molecule has 0 spiro atoms. The second kappa shape index (κ2) is 6.47. The quantitative estimate of drug-likeness (QED) is 0.367. The van der Waals surface area contributed by atoms with Crippen molar-refractivity contribution in [1.82, 2.24) is 0 Å². The van der Waals surface area contributed by atoms with E-state index in [2.05, 4.69) is 0 Å². The highest BCUT2D eigenvalue weighted by Gasteiger charge is 2.03. The molecule has 0 bridgehead atoms. The van der Waals surface area contributed by atoms with Gasteiger partial charge in [-0.05, 0) is 26.2 Å². The highest BCUT2D eigenvalue weighted by Crippen LogP contribution is 2.04. The number of alkyl halides is 1. The molecule has 3 heteroatoms. The molecule has 0 aromatic rings. The molecule has 0 fully saturated rings. The third kappa shape index (κ3) is 7.66. The molecule has 0 amide bonds. The first kappa shape index (κ1) is 10.8. The number of carbonyl (C=O) groups excluding carboxylic acids is 1. The van der Waals surface area contributed by atoms with E-state index in [4.69, 9.17) is 16.3 Å². The lowest BCUT2D eigenvalue weighted by atomic mass is 10.2. The topological polar surface area (TPSA) is 26.3 Å². The Morgan fingerprint density at radius 3 is 2.64 bits per heavy atom. The standard InChI is InChI=1S/C8H15ClO2/c1-7(11-8(2)10)5-3-4-6-9/h7H,3-6H2,1-2H3/t7-/m1/s1. The van der Waals surface area contributed by atoms with E-state index >= 15 is 0 Å². The van der Waals surface area contributed by atoms with Crippen molar-refractivity contribution in [2.75, 3.05) is 5.88 Å². The average Bonchev–Trinajstić information content (AvgIpc) is 1.86. The molecular weight excluding hydrogens is 164 g/mol. The van der Waals surface area contributed by atoms with Crippen LogP contribution in [-0.2, 0) is 9.53 Å². The highest BCUT2D eigenvalue weighted by molar-refractivity contribution is 6.17. The largest absolute Gasteiger partial charge is 0.463 e. The Bertz CT molecular complexity index is 115. The lowest BCUT2D eigenvalue weighted by Crippen LogP contribution is -2.11. The van der Waals surface area contributed by atoms with Crippen LogP contribution in [0.25, 0.3) is 0 Å². The molecule has 66 valence electrons. The van der Waals surface area contributed by atoms with Gasteiger partial charge < -0.3 is 4.74 Å². The Balaban J connectivity index is 3.22. The molecular formula is C8H15ClO2. The summed E-state index contributed by atoms with van der Waals surface area (Å²) in [6.07, 6.45) is 2.97. The lowest BCUT2D eigenvalue weighted by molar-refractivity contribution is -0.145. The smallest absolute Gasteiger partial charge is 0.302 e. The van der Waals surface area contributed by atoms with Gasteiger partial charge in [0.1, 0.15) is 0 Å². The number of esters is 1. The zero-order valence-electron chi connectivity index (χ0n) is 7.10. The molecule has 0 unspecified atom stereocenters. The minimum absolute atomic E-state index is 0.0377. The number of unbranched alkanes of at least 4 members (excludes halogenated alkanes) is 1. The Labute approximate surface area is 72.9 Å². The molecule has 11 heavy (non-hydrogen) atoms. The Kier molecular flexibility index (Phi) is 6.33. The SMILES string of the molecule is CC(=O)O[C@H](C)CCCCCl. The number of carbonyl (C=O) groups is 1. The van der Waals surface area contributed by atoms with E-state index in [-0.39, 0.29) is 12.1 Å². The first-order valence-electron chi connectivity index (χ1n) is 3.90. The van der Waals surface area contributed by atoms with Crippen LogP contribution >= 0.6 is 11.6 Å². The van der Waals surface area contributed by atoms with Gasteiger partial charge in [0, 0.05) is 12.8 Å². The maximum atomic E-state index is 10.4. The summed E-state index contributed by atoms with van der Waals surface area (Å²) in [5.74, 6) is 0.482. The Morgan fingerprint density at radius 1 is 1.55 bits per heavy atom. The molecule has 0 N–H and O–H groups in total. The third-order valence-electron chi connectivity index (χ3n) is 1.36. The van der Waals surface area contributed by atoms with Crippen LogP contribution in [0.4, 0.5) is 0 Å². The minimum atomic E-state index is -0.205. The summed E-state index contributed by atoms with van der Waals surface area (Å²) < 4.78 is 4.91. The van der Waals surface area contributed by atoms with Crippen molar-refractivity contribution in [3.8, 4) is 0 Å². The number of hydrogen-bond donors (Lipinski definition) is 0. The van der Waals surface area contributed by atoms with E-state index in [1.54, 1.807) is 0 Å². The molecule has 0 aliphatic rings. The molecule has 0 aromatic heterocycles. The molecule has 0 aromatic carbocycles. The monoisotopic (exact) mass is 178 g/mol. The second-order valence-corrected chi connectivity index (χ2v) is 2.98. The van der Waals surface area contributed by atoms with Crippen molar-refractivity contribution < 1.29 is 9.53 Å². The van der Waals surface area contributed by atoms with E-state index in [9.17, 15) is 4.79 Å². The fourth-order valence-corrected chi connectivity index (χ4v) is 1.06. The molecule has 0 aliphatic heterocycles. The normalized spacial score (nSPS) is 12.6. The van der Waals surface area contributed by atoms with E-state index in [0.717, 1.165) is 19.3 Å². The van der Waals surface area contributed by atoms with Crippen molar-refractivity contribution in [3.63, 3.8) is 0 Å². The van der Waals surface area contributed by atoms with Crippen molar-refractivity contribution in [3.05, 3.63) is 0 Å². The van der Waals surface area contributed by atoms with E-state index < -0.39 is 0 Å². The summed E-state index contributed by atoms with van der Waals surface area (Å²) in [5.41, 5.74) is 0. The maximum absolute atomic E-state index is 10.4. The van der Waals surface area contributed by atoms with Gasteiger partial charge in [-0.2, -0.15) is 0 Å². The van der Waals surface area contributed by atoms with Gasteiger partial charge in [0.15, 0.2) is 0 Å². The first-order chi connectivity index (χ1) is 5.16. The second-order valence-electron chi connectivity index (χ2n) is 2.60. The van der Waals surface area contributed by atoms with Crippen LogP contribution in [0.5, 0.6) is 0 Å². The van der Waals surface area contributed by atoms with E-state index in [0.29, 0.717) is 5.88 Å². The van der Waals surface area contributed by atoms with Gasteiger partial charge in [-0.3, -0.25) is 4.79 Å². The fraction of sp³-hybridized carbons (Fsp3) is 0.875. The van der Waals surface area contributed by atoms with Crippen LogP contribution in [0.15, 0.2) is 0 Å². The molecule has 0 radical (unpaired) electrons. The van der Waals surface area contributed by atoms with Gasteiger partial charge >= 0.3 is 5.97 Å². The van der Waals surface area contributed by atoms with Gasteiger partial charge in [0.25, 0.3) is 0 Å². The molecule has 0 saturated heterocycles. The third-order valence-corrected chi connectivity index (χ3v) is 1.63. The van der Waals surface area contributed by atoms with Crippen molar-refractivity contribution in [1.29, 1.82) is 0 Å². The minimum Gasteiger partial charge on any atom is -0.463 e. The number of rotatable bonds is 5. The summed E-state index contributed by atoms with van der Waals surface area (Å²) in [7, 11) is 0. The van der Waals surface area contributed by atoms with Crippen LogP contribution in [0.3, 0.4) is 0 Å². The summed E-state index contributed by atoms with van der Waals surface area (Å²) >= 11 is 5.48.